The van der Waals surface area contributed by atoms with Gasteiger partial charge in [-0.15, -0.1) is 0 Å². The second-order valence-corrected chi connectivity index (χ2v) is 2.71. The lowest BCUT2D eigenvalue weighted by molar-refractivity contribution is -0.484. The summed E-state index contributed by atoms with van der Waals surface area (Å²) in [7, 11) is 0. The number of hydrogen-bond acceptors (Lipinski definition) is 1. The zero-order valence-corrected chi connectivity index (χ0v) is 7.36. The lowest BCUT2D eigenvalue weighted by atomic mass is 10.1. The number of carboxylic acid groups (broad SMARTS) is 1. The van der Waals surface area contributed by atoms with Crippen molar-refractivity contribution in [2.24, 2.45) is 0 Å². The summed E-state index contributed by atoms with van der Waals surface area (Å²) < 4.78 is 5.14. The molecule has 1 rings (SSSR count). The third-order valence-corrected chi connectivity index (χ3v) is 1.62. The summed E-state index contributed by atoms with van der Waals surface area (Å²) in [6, 6.07) is 0. The fourth-order valence-electron chi connectivity index (χ4n) is 0.860. The van der Waals surface area contributed by atoms with E-state index in [9.17, 15) is 4.79 Å². The van der Waals surface area contributed by atoms with Gasteiger partial charge in [-0.05, 0) is 6.08 Å². The maximum Gasteiger partial charge on any atom is 0.404 e. The van der Waals surface area contributed by atoms with Gasteiger partial charge in [-0.3, -0.25) is 0 Å². The Morgan fingerprint density at radius 1 is 1.54 bits per heavy atom. The molecule has 0 bridgehead atoms. The molecule has 0 aromatic rings. The van der Waals surface area contributed by atoms with Crippen molar-refractivity contribution in [2.75, 3.05) is 0 Å². The predicted molar refractivity (Wildman–Crippen MR) is 49.5 cm³/mol. The van der Waals surface area contributed by atoms with Crippen LogP contribution in [0.1, 0.15) is 6.92 Å². The zero-order valence-electron chi connectivity index (χ0n) is 7.36. The summed E-state index contributed by atoms with van der Waals surface area (Å²) >= 11 is 0. The van der Waals surface area contributed by atoms with E-state index in [2.05, 4.69) is 6.58 Å². The lowest BCUT2D eigenvalue weighted by Gasteiger charge is -1.95. The Morgan fingerprint density at radius 2 is 2.15 bits per heavy atom. The quantitative estimate of drug-likeness (QED) is 0.512. The molecule has 0 radical (unpaired) electrons. The van der Waals surface area contributed by atoms with Crippen molar-refractivity contribution in [1.82, 2.24) is 0 Å². The van der Waals surface area contributed by atoms with Crippen molar-refractivity contribution in [1.29, 1.82) is 0 Å². The second kappa shape index (κ2) is 3.85. The Balaban J connectivity index is 2.82. The van der Waals surface area contributed by atoms with Crippen molar-refractivity contribution in [3.05, 3.63) is 36.5 Å². The van der Waals surface area contributed by atoms with E-state index in [1.807, 2.05) is 6.08 Å². The van der Waals surface area contributed by atoms with Gasteiger partial charge in [-0.25, -0.2) is 9.22 Å². The van der Waals surface area contributed by atoms with Gasteiger partial charge in [0.25, 0.3) is 0 Å². The topological polar surface area (TPSA) is 48.6 Å². The summed E-state index contributed by atoms with van der Waals surface area (Å²) in [5.74, 6) is -0.472. The van der Waals surface area contributed by atoms with Gasteiger partial charge in [0.2, 0.25) is 0 Å². The number of aliphatic carboxylic acids is 1. The second-order valence-electron chi connectivity index (χ2n) is 2.71. The summed E-state index contributed by atoms with van der Waals surface area (Å²) in [4.78, 5) is 10.5. The average molecular weight is 179 g/mol. The van der Waals surface area contributed by atoms with Gasteiger partial charge < -0.3 is 5.11 Å². The van der Waals surface area contributed by atoms with Crippen LogP contribution in [-0.4, -0.2) is 23.0 Å². The highest BCUT2D eigenvalue weighted by Crippen LogP contribution is 2.04. The van der Waals surface area contributed by atoms with Gasteiger partial charge in [0.15, 0.2) is 0 Å². The van der Waals surface area contributed by atoms with E-state index in [1.54, 1.807) is 18.2 Å². The van der Waals surface area contributed by atoms with Crippen molar-refractivity contribution < 1.29 is 14.3 Å². The molecular formula is C10H11O3+. The Kier molecular flexibility index (Phi) is 2.80. The molecule has 0 saturated carbocycles. The maximum atomic E-state index is 10.5. The molecule has 3 nitrogen and oxygen atoms in total. The molecule has 0 saturated heterocycles. The first-order valence-corrected chi connectivity index (χ1v) is 3.91. The molecule has 0 aromatic carbocycles. The zero-order chi connectivity index (χ0) is 9.84. The van der Waals surface area contributed by atoms with Crippen molar-refractivity contribution >= 4 is 11.8 Å². The standard InChI is InChI=1S/C10H10O3/c1-7-5-3-4-6-9(7)13-8(2)10(11)12/h3-6,8H,1H2,2H3/p+1/t8-/m0/s1. The van der Waals surface area contributed by atoms with Crippen LogP contribution in [0.4, 0.5) is 0 Å². The van der Waals surface area contributed by atoms with Gasteiger partial charge in [0, 0.05) is 13.0 Å². The predicted octanol–water partition coefficient (Wildman–Crippen LogP) is 1.25. The van der Waals surface area contributed by atoms with Crippen LogP contribution in [0.15, 0.2) is 36.5 Å². The summed E-state index contributed by atoms with van der Waals surface area (Å²) in [5, 5.41) is 8.59. The van der Waals surface area contributed by atoms with Crippen molar-refractivity contribution in [3.63, 3.8) is 0 Å². The van der Waals surface area contributed by atoms with Crippen LogP contribution in [0.2, 0.25) is 0 Å². The first-order valence-electron chi connectivity index (χ1n) is 3.91. The minimum atomic E-state index is -0.983. The van der Waals surface area contributed by atoms with Crippen LogP contribution in [0.5, 0.6) is 0 Å². The van der Waals surface area contributed by atoms with Gasteiger partial charge >= 0.3 is 17.9 Å². The van der Waals surface area contributed by atoms with E-state index in [4.69, 9.17) is 9.53 Å². The molecule has 0 aliphatic heterocycles. The third kappa shape index (κ3) is 2.40. The smallest absolute Gasteiger partial charge is 0.404 e. The van der Waals surface area contributed by atoms with Gasteiger partial charge in [0.05, 0.1) is 5.57 Å². The number of ketones is 1. The summed E-state index contributed by atoms with van der Waals surface area (Å²) in [6.07, 6.45) is 6.22. The Labute approximate surface area is 76.4 Å². The van der Waals surface area contributed by atoms with E-state index in [1.165, 1.54) is 6.92 Å². The first kappa shape index (κ1) is 9.45. The number of carbonyl (C=O) groups is 1. The minimum Gasteiger partial charge on any atom is -0.474 e. The molecule has 1 aliphatic rings. The van der Waals surface area contributed by atoms with Gasteiger partial charge in [0.1, 0.15) is 0 Å². The number of allylic oxidation sites excluding steroid dienone is 5. The first-order chi connectivity index (χ1) is 6.11. The van der Waals surface area contributed by atoms with E-state index in [0.717, 1.165) is 0 Å². The van der Waals surface area contributed by atoms with Crippen LogP contribution in [0, 0.1) is 0 Å². The third-order valence-electron chi connectivity index (χ3n) is 1.62. The molecule has 0 heterocycles. The van der Waals surface area contributed by atoms with E-state index in [0.29, 0.717) is 11.4 Å². The molecule has 0 amide bonds. The van der Waals surface area contributed by atoms with E-state index >= 15 is 0 Å². The maximum absolute atomic E-state index is 10.5. The molecule has 1 atom stereocenters. The molecular weight excluding hydrogens is 168 g/mol. The molecule has 1 aliphatic carbocycles. The van der Waals surface area contributed by atoms with Gasteiger partial charge in [-0.1, -0.05) is 18.7 Å². The highest BCUT2D eigenvalue weighted by molar-refractivity contribution is 6.07. The highest BCUT2D eigenvalue weighted by atomic mass is 16.4. The van der Waals surface area contributed by atoms with Crippen LogP contribution in [-0.2, 0) is 9.22 Å². The van der Waals surface area contributed by atoms with Crippen molar-refractivity contribution in [3.8, 4) is 0 Å². The fraction of sp³-hybridized carbons (Fsp3) is 0.200. The molecule has 0 aromatic heterocycles. The van der Waals surface area contributed by atoms with Gasteiger partial charge in [-0.2, -0.15) is 0 Å². The van der Waals surface area contributed by atoms with E-state index in [-0.39, 0.29) is 0 Å². The Hall–Kier alpha value is -1.64. The molecule has 0 unspecified atom stereocenters. The summed E-state index contributed by atoms with van der Waals surface area (Å²) in [6.45, 7) is 5.20. The number of rotatable bonds is 2. The Bertz CT molecular complexity index is 321. The normalized spacial score (nSPS) is 20.7. The van der Waals surface area contributed by atoms with Crippen LogP contribution < -0.4 is 0 Å². The molecule has 68 valence electrons. The SMILES string of the molecule is C=C1C=CC=CC1=[O+][C@@H](C)C(=O)O. The van der Waals surface area contributed by atoms with E-state index < -0.39 is 12.1 Å². The average Bonchev–Trinajstić information content (AvgIpc) is 2.08. The molecule has 0 spiro atoms. The highest BCUT2D eigenvalue weighted by Gasteiger charge is 2.23. The fourth-order valence-corrected chi connectivity index (χ4v) is 0.860. The Morgan fingerprint density at radius 3 is 2.69 bits per heavy atom. The minimum absolute atomic E-state index is 0.511. The number of carboxylic acids is 1. The molecule has 0 fully saturated rings. The molecule has 1 N–H and O–H groups in total. The van der Waals surface area contributed by atoms with Crippen LogP contribution >= 0.6 is 0 Å². The van der Waals surface area contributed by atoms with Crippen LogP contribution in [0.25, 0.3) is 0 Å². The molecule has 13 heavy (non-hydrogen) atoms. The lowest BCUT2D eigenvalue weighted by Crippen LogP contribution is -2.20. The summed E-state index contributed by atoms with van der Waals surface area (Å²) in [5.41, 5.74) is 0.690. The van der Waals surface area contributed by atoms with Crippen molar-refractivity contribution in [2.45, 2.75) is 13.0 Å². The molecule has 3 heteroatoms. The monoisotopic (exact) mass is 179 g/mol. The number of hydrogen-bond donors (Lipinski definition) is 1. The largest absolute Gasteiger partial charge is 0.474 e. The van der Waals surface area contributed by atoms with Crippen LogP contribution in [0.3, 0.4) is 0 Å². The number of carbonyl (C=O) groups excluding carboxylic acids is 1.